The second kappa shape index (κ2) is 9.34. The SMILES string of the molecule is CC(C)CC(C(=O)N(C)Cc1ccccc1OC(F)(F)F)N1C(=O)C2CC=CCC2C1=O. The molecule has 1 heterocycles. The van der Waals surface area contributed by atoms with Gasteiger partial charge in [-0.25, -0.2) is 0 Å². The molecule has 3 unspecified atom stereocenters. The van der Waals surface area contributed by atoms with Crippen LogP contribution in [0.4, 0.5) is 13.2 Å². The van der Waals surface area contributed by atoms with E-state index < -0.39 is 35.9 Å². The Morgan fingerprint density at radius 3 is 2.22 bits per heavy atom. The molecular formula is C23H27F3N2O4. The molecule has 3 atom stereocenters. The average molecular weight is 452 g/mol. The van der Waals surface area contributed by atoms with Crippen molar-refractivity contribution < 1.29 is 32.3 Å². The van der Waals surface area contributed by atoms with Crippen LogP contribution in [0.15, 0.2) is 36.4 Å². The molecule has 0 bridgehead atoms. The number of likely N-dealkylation sites (tertiary alicyclic amines) is 1. The Hall–Kier alpha value is -2.84. The molecule has 1 fully saturated rings. The highest BCUT2D eigenvalue weighted by atomic mass is 19.4. The summed E-state index contributed by atoms with van der Waals surface area (Å²) in [5.74, 6) is -2.49. The fraction of sp³-hybridized carbons (Fsp3) is 0.522. The normalized spacial score (nSPS) is 21.7. The summed E-state index contributed by atoms with van der Waals surface area (Å²) in [5, 5.41) is 0. The predicted molar refractivity (Wildman–Crippen MR) is 110 cm³/mol. The first-order valence-corrected chi connectivity index (χ1v) is 10.6. The van der Waals surface area contributed by atoms with Gasteiger partial charge in [-0.15, -0.1) is 13.2 Å². The lowest BCUT2D eigenvalue weighted by Gasteiger charge is -2.31. The van der Waals surface area contributed by atoms with Crippen LogP contribution in [0.25, 0.3) is 0 Å². The van der Waals surface area contributed by atoms with Crippen molar-refractivity contribution in [1.29, 1.82) is 0 Å². The molecule has 0 saturated carbocycles. The second-order valence-electron chi connectivity index (χ2n) is 8.70. The molecule has 1 saturated heterocycles. The molecule has 3 amide bonds. The average Bonchev–Trinajstić information content (AvgIpc) is 2.96. The number of hydrogen-bond donors (Lipinski definition) is 0. The van der Waals surface area contributed by atoms with Gasteiger partial charge in [-0.2, -0.15) is 0 Å². The van der Waals surface area contributed by atoms with Gasteiger partial charge >= 0.3 is 6.36 Å². The maximum atomic E-state index is 13.4. The van der Waals surface area contributed by atoms with Gasteiger partial charge in [0.25, 0.3) is 0 Å². The number of carbonyl (C=O) groups is 3. The van der Waals surface area contributed by atoms with Crippen molar-refractivity contribution in [1.82, 2.24) is 9.80 Å². The van der Waals surface area contributed by atoms with Crippen LogP contribution < -0.4 is 4.74 Å². The number of nitrogens with zero attached hydrogens (tertiary/aromatic N) is 2. The van der Waals surface area contributed by atoms with Crippen LogP contribution in [0.3, 0.4) is 0 Å². The summed E-state index contributed by atoms with van der Waals surface area (Å²) < 4.78 is 42.3. The molecule has 174 valence electrons. The molecular weight excluding hydrogens is 425 g/mol. The zero-order valence-electron chi connectivity index (χ0n) is 18.3. The van der Waals surface area contributed by atoms with E-state index in [1.54, 1.807) is 6.07 Å². The Bertz CT molecular complexity index is 887. The molecule has 1 aromatic carbocycles. The first-order chi connectivity index (χ1) is 15.0. The van der Waals surface area contributed by atoms with Crippen LogP contribution in [0.2, 0.25) is 0 Å². The maximum Gasteiger partial charge on any atom is 0.573 e. The van der Waals surface area contributed by atoms with Crippen molar-refractivity contribution in [3.63, 3.8) is 0 Å². The topological polar surface area (TPSA) is 66.9 Å². The first kappa shape index (κ1) is 23.8. The van der Waals surface area contributed by atoms with Crippen molar-refractivity contribution in [3.8, 4) is 5.75 Å². The molecule has 0 radical (unpaired) electrons. The molecule has 0 N–H and O–H groups in total. The van der Waals surface area contributed by atoms with Crippen molar-refractivity contribution in [2.75, 3.05) is 7.05 Å². The van der Waals surface area contributed by atoms with Crippen LogP contribution >= 0.6 is 0 Å². The molecule has 0 aromatic heterocycles. The third kappa shape index (κ3) is 5.14. The van der Waals surface area contributed by atoms with Crippen molar-refractivity contribution >= 4 is 17.7 Å². The van der Waals surface area contributed by atoms with E-state index in [1.807, 2.05) is 26.0 Å². The number of halogens is 3. The van der Waals surface area contributed by atoms with Gasteiger partial charge in [-0.1, -0.05) is 44.2 Å². The number of benzene rings is 1. The minimum Gasteiger partial charge on any atom is -0.405 e. The molecule has 6 nitrogen and oxygen atoms in total. The largest absolute Gasteiger partial charge is 0.573 e. The standard InChI is InChI=1S/C23H27F3N2O4/c1-14(2)12-18(28-20(29)16-9-5-6-10-17(16)21(28)30)22(31)27(3)13-15-8-4-7-11-19(15)32-23(24,25)26/h4-8,11,14,16-18H,9-10,12-13H2,1-3H3. The molecule has 1 aliphatic carbocycles. The molecule has 1 aliphatic heterocycles. The summed E-state index contributed by atoms with van der Waals surface area (Å²) in [6, 6.07) is 4.58. The Morgan fingerprint density at radius 2 is 1.69 bits per heavy atom. The van der Waals surface area contributed by atoms with Gasteiger partial charge in [0.1, 0.15) is 11.8 Å². The number of likely N-dealkylation sites (N-methyl/N-ethyl adjacent to an activating group) is 1. The number of para-hydroxylation sites is 1. The summed E-state index contributed by atoms with van der Waals surface area (Å²) in [6.07, 6.45) is 0.0854. The third-order valence-corrected chi connectivity index (χ3v) is 5.82. The monoisotopic (exact) mass is 452 g/mol. The van der Waals surface area contributed by atoms with E-state index >= 15 is 0 Å². The van der Waals surface area contributed by atoms with E-state index in [4.69, 9.17) is 0 Å². The van der Waals surface area contributed by atoms with Crippen molar-refractivity contribution in [3.05, 3.63) is 42.0 Å². The number of ether oxygens (including phenoxy) is 1. The molecule has 9 heteroatoms. The zero-order valence-corrected chi connectivity index (χ0v) is 18.3. The highest BCUT2D eigenvalue weighted by Gasteiger charge is 2.51. The van der Waals surface area contributed by atoms with Gasteiger partial charge in [0.05, 0.1) is 11.8 Å². The summed E-state index contributed by atoms with van der Waals surface area (Å²) in [4.78, 5) is 41.8. The number of alkyl halides is 3. The smallest absolute Gasteiger partial charge is 0.405 e. The summed E-state index contributed by atoms with van der Waals surface area (Å²) in [7, 11) is 1.44. The number of fused-ring (bicyclic) bond motifs is 1. The molecule has 2 aliphatic rings. The highest BCUT2D eigenvalue weighted by Crippen LogP contribution is 2.37. The van der Waals surface area contributed by atoms with Gasteiger partial charge in [0.15, 0.2) is 0 Å². The summed E-state index contributed by atoms with van der Waals surface area (Å²) in [6.45, 7) is 3.60. The highest BCUT2D eigenvalue weighted by molar-refractivity contribution is 6.08. The maximum absolute atomic E-state index is 13.4. The number of carbonyl (C=O) groups excluding carboxylic acids is 3. The van der Waals surface area contributed by atoms with Crippen molar-refractivity contribution in [2.24, 2.45) is 17.8 Å². The van der Waals surface area contributed by atoms with E-state index in [1.165, 1.54) is 30.1 Å². The zero-order chi connectivity index (χ0) is 23.6. The quantitative estimate of drug-likeness (QED) is 0.465. The number of allylic oxidation sites excluding steroid dienone is 2. The summed E-state index contributed by atoms with van der Waals surface area (Å²) in [5.41, 5.74) is 0.168. The predicted octanol–water partition coefficient (Wildman–Crippen LogP) is 3.91. The van der Waals surface area contributed by atoms with E-state index in [0.29, 0.717) is 12.8 Å². The fourth-order valence-electron chi connectivity index (χ4n) is 4.34. The Kier molecular flexibility index (Phi) is 6.95. The van der Waals surface area contributed by atoms with E-state index in [-0.39, 0.29) is 36.3 Å². The van der Waals surface area contributed by atoms with Gasteiger partial charge in [-0.3, -0.25) is 19.3 Å². The number of imide groups is 1. The number of rotatable bonds is 7. The van der Waals surface area contributed by atoms with E-state index in [0.717, 1.165) is 4.90 Å². The summed E-state index contributed by atoms with van der Waals surface area (Å²) >= 11 is 0. The first-order valence-electron chi connectivity index (χ1n) is 10.6. The van der Waals surface area contributed by atoms with E-state index in [9.17, 15) is 27.6 Å². The van der Waals surface area contributed by atoms with Gasteiger partial charge in [-0.05, 0) is 31.2 Å². The van der Waals surface area contributed by atoms with Crippen LogP contribution in [0, 0.1) is 17.8 Å². The number of amides is 3. The van der Waals surface area contributed by atoms with E-state index in [2.05, 4.69) is 4.74 Å². The van der Waals surface area contributed by atoms with Crippen molar-refractivity contribution in [2.45, 2.75) is 52.1 Å². The Labute approximate surface area is 185 Å². The van der Waals surface area contributed by atoms with Gasteiger partial charge < -0.3 is 9.64 Å². The Balaban J connectivity index is 1.83. The van der Waals surface area contributed by atoms with Crippen LogP contribution in [-0.4, -0.2) is 47.0 Å². The molecule has 32 heavy (non-hydrogen) atoms. The minimum atomic E-state index is -4.86. The van der Waals surface area contributed by atoms with Gasteiger partial charge in [0, 0.05) is 19.2 Å². The molecule has 1 aromatic rings. The molecule has 3 rings (SSSR count). The fourth-order valence-corrected chi connectivity index (χ4v) is 4.34. The van der Waals surface area contributed by atoms with Gasteiger partial charge in [0.2, 0.25) is 17.7 Å². The lowest BCUT2D eigenvalue weighted by molar-refractivity contribution is -0.275. The van der Waals surface area contributed by atoms with Crippen LogP contribution in [-0.2, 0) is 20.9 Å². The third-order valence-electron chi connectivity index (χ3n) is 5.82. The minimum absolute atomic E-state index is 0.0135. The lowest BCUT2D eigenvalue weighted by atomic mass is 9.85. The second-order valence-corrected chi connectivity index (χ2v) is 8.70. The molecule has 0 spiro atoms. The number of hydrogen-bond acceptors (Lipinski definition) is 4. The van der Waals surface area contributed by atoms with Crippen LogP contribution in [0.5, 0.6) is 5.75 Å². The van der Waals surface area contributed by atoms with Crippen LogP contribution in [0.1, 0.15) is 38.7 Å². The Morgan fingerprint density at radius 1 is 1.12 bits per heavy atom. The lowest BCUT2D eigenvalue weighted by Crippen LogP contribution is -2.51.